The van der Waals surface area contributed by atoms with Crippen LogP contribution in [-0.2, 0) is 4.79 Å². The summed E-state index contributed by atoms with van der Waals surface area (Å²) in [6, 6.07) is 17.8. The quantitative estimate of drug-likeness (QED) is 0.716. The Morgan fingerprint density at radius 3 is 2.58 bits per heavy atom. The van der Waals surface area contributed by atoms with Gasteiger partial charge in [-0.25, -0.2) is 4.98 Å². The molecule has 3 rings (SSSR count). The smallest absolute Gasteiger partial charge is 0.316 e. The predicted octanol–water partition coefficient (Wildman–Crippen LogP) is 3.89. The fraction of sp³-hybridized carbons (Fsp3) is 0.158. The van der Waals surface area contributed by atoms with Crippen molar-refractivity contribution in [3.63, 3.8) is 0 Å². The van der Waals surface area contributed by atoms with Crippen molar-refractivity contribution in [3.05, 3.63) is 54.6 Å². The van der Waals surface area contributed by atoms with Crippen LogP contribution in [0.2, 0.25) is 0 Å². The summed E-state index contributed by atoms with van der Waals surface area (Å²) < 4.78 is 5.31. The number of aromatic amines is 1. The van der Waals surface area contributed by atoms with Gasteiger partial charge in [-0.1, -0.05) is 18.2 Å². The molecule has 4 nitrogen and oxygen atoms in total. The van der Waals surface area contributed by atoms with Gasteiger partial charge < -0.3 is 9.84 Å². The molecule has 0 radical (unpaired) electrons. The van der Waals surface area contributed by atoms with Gasteiger partial charge in [-0.05, 0) is 31.2 Å². The maximum absolute atomic E-state index is 11.3. The van der Waals surface area contributed by atoms with Crippen LogP contribution in [0.15, 0.2) is 59.5 Å². The predicted molar refractivity (Wildman–Crippen MR) is 95.4 cm³/mol. The molecule has 0 saturated carbocycles. The molecule has 3 aromatic rings. The zero-order chi connectivity index (χ0) is 17.1. The fourth-order valence-electron chi connectivity index (χ4n) is 2.46. The van der Waals surface area contributed by atoms with E-state index in [9.17, 15) is 9.90 Å². The van der Waals surface area contributed by atoms with Gasteiger partial charge in [0.15, 0.2) is 0 Å². The summed E-state index contributed by atoms with van der Waals surface area (Å²) in [7, 11) is 1.62. The Hall–Kier alpha value is -2.53. The molecule has 0 aliphatic heterocycles. The van der Waals surface area contributed by atoms with Crippen LogP contribution in [0.25, 0.3) is 22.2 Å². The largest absolute Gasteiger partial charge is 0.497 e. The summed E-state index contributed by atoms with van der Waals surface area (Å²) in [6.45, 7) is 1.69. The maximum atomic E-state index is 11.3. The number of aromatic nitrogens is 1. The Kier molecular flexibility index (Phi) is 4.71. The number of thioether (sulfide) groups is 1. The number of H-pyrrole nitrogens is 1. The highest BCUT2D eigenvalue weighted by Gasteiger charge is 2.19. The van der Waals surface area contributed by atoms with E-state index in [1.807, 2.05) is 54.6 Å². The highest BCUT2D eigenvalue weighted by atomic mass is 32.2. The highest BCUT2D eigenvalue weighted by molar-refractivity contribution is 8.00. The minimum absolute atomic E-state index is 0.537. The standard InChI is InChI=1S/C19H17NO3S/c1-12(19(21)22)24-18-11-17(13-6-4-3-5-7-13)20-16-9-8-14(23-2)10-15(16)18/h3-12H,1-2H3,(H,21,22)/p+1. The van der Waals surface area contributed by atoms with E-state index in [2.05, 4.69) is 4.98 Å². The molecule has 0 amide bonds. The van der Waals surface area contributed by atoms with Crippen LogP contribution in [0.1, 0.15) is 6.92 Å². The molecule has 0 bridgehead atoms. The zero-order valence-electron chi connectivity index (χ0n) is 13.4. The zero-order valence-corrected chi connectivity index (χ0v) is 14.3. The number of hydrogen-bond acceptors (Lipinski definition) is 3. The van der Waals surface area contributed by atoms with Crippen LogP contribution >= 0.6 is 11.8 Å². The van der Waals surface area contributed by atoms with Crippen molar-refractivity contribution in [2.24, 2.45) is 0 Å². The number of carboxylic acid groups (broad SMARTS) is 1. The van der Waals surface area contributed by atoms with Crippen LogP contribution in [0, 0.1) is 0 Å². The number of methoxy groups -OCH3 is 1. The Labute approximate surface area is 144 Å². The van der Waals surface area contributed by atoms with Crippen molar-refractivity contribution in [2.45, 2.75) is 17.1 Å². The second-order valence-corrected chi connectivity index (χ2v) is 6.81. The van der Waals surface area contributed by atoms with Gasteiger partial charge in [-0.3, -0.25) is 4.79 Å². The first kappa shape index (κ1) is 16.3. The van der Waals surface area contributed by atoms with E-state index >= 15 is 0 Å². The molecule has 0 saturated heterocycles. The molecule has 1 atom stereocenters. The molecule has 1 heterocycles. The summed E-state index contributed by atoms with van der Waals surface area (Å²) in [5, 5.41) is 9.66. The lowest BCUT2D eigenvalue weighted by atomic mass is 10.1. The second kappa shape index (κ2) is 6.93. The Balaban J connectivity index is 2.17. The minimum atomic E-state index is -0.829. The molecule has 0 fully saturated rings. The summed E-state index contributed by atoms with van der Waals surface area (Å²) in [6.07, 6.45) is 0. The van der Waals surface area contributed by atoms with Crippen molar-refractivity contribution in [2.75, 3.05) is 7.11 Å². The second-order valence-electron chi connectivity index (χ2n) is 5.42. The van der Waals surface area contributed by atoms with E-state index in [0.29, 0.717) is 0 Å². The molecule has 0 aliphatic carbocycles. The summed E-state index contributed by atoms with van der Waals surface area (Å²) in [5.74, 6) is -0.0849. The Morgan fingerprint density at radius 2 is 1.92 bits per heavy atom. The van der Waals surface area contributed by atoms with Crippen LogP contribution in [-0.4, -0.2) is 23.4 Å². The van der Waals surface area contributed by atoms with Crippen LogP contribution < -0.4 is 9.72 Å². The number of ether oxygens (including phenoxy) is 1. The number of pyridine rings is 1. The number of benzene rings is 2. The number of nitrogens with one attached hydrogen (secondary N) is 1. The van der Waals surface area contributed by atoms with Crippen molar-refractivity contribution in [1.82, 2.24) is 0 Å². The molecular formula is C19H18NO3S+. The maximum Gasteiger partial charge on any atom is 0.316 e. The normalized spacial score (nSPS) is 12.1. The van der Waals surface area contributed by atoms with Gasteiger partial charge in [0, 0.05) is 22.6 Å². The van der Waals surface area contributed by atoms with E-state index in [1.165, 1.54) is 11.8 Å². The number of fused-ring (bicyclic) bond motifs is 1. The number of carboxylic acids is 1. The first-order chi connectivity index (χ1) is 11.6. The van der Waals surface area contributed by atoms with Gasteiger partial charge in [0.2, 0.25) is 11.2 Å². The lowest BCUT2D eigenvalue weighted by Crippen LogP contribution is -2.13. The number of aliphatic carboxylic acids is 1. The summed E-state index contributed by atoms with van der Waals surface area (Å²) >= 11 is 1.33. The van der Waals surface area contributed by atoms with Crippen molar-refractivity contribution >= 4 is 28.6 Å². The monoisotopic (exact) mass is 340 g/mol. The molecular weight excluding hydrogens is 322 g/mol. The molecule has 0 spiro atoms. The van der Waals surface area contributed by atoms with Gasteiger partial charge in [0.25, 0.3) is 0 Å². The van der Waals surface area contributed by atoms with E-state index in [-0.39, 0.29) is 0 Å². The third-order valence-electron chi connectivity index (χ3n) is 3.77. The Morgan fingerprint density at radius 1 is 1.17 bits per heavy atom. The van der Waals surface area contributed by atoms with Gasteiger partial charge in [-0.15, -0.1) is 11.8 Å². The topological polar surface area (TPSA) is 60.7 Å². The molecule has 2 N–H and O–H groups in total. The molecule has 0 aliphatic rings. The van der Waals surface area contributed by atoms with Crippen LogP contribution in [0.5, 0.6) is 5.75 Å². The van der Waals surface area contributed by atoms with Crippen molar-refractivity contribution in [3.8, 4) is 17.0 Å². The minimum Gasteiger partial charge on any atom is -0.497 e. The molecule has 24 heavy (non-hydrogen) atoms. The lowest BCUT2D eigenvalue weighted by molar-refractivity contribution is -0.331. The van der Waals surface area contributed by atoms with Gasteiger partial charge in [0.05, 0.1) is 12.5 Å². The fourth-order valence-corrected chi connectivity index (χ4v) is 3.43. The molecule has 1 aromatic heterocycles. The molecule has 122 valence electrons. The average Bonchev–Trinajstić information content (AvgIpc) is 2.61. The first-order valence-corrected chi connectivity index (χ1v) is 8.45. The summed E-state index contributed by atoms with van der Waals surface area (Å²) in [4.78, 5) is 15.6. The van der Waals surface area contributed by atoms with E-state index < -0.39 is 11.2 Å². The third-order valence-corrected chi connectivity index (χ3v) is 4.92. The molecule has 5 heteroatoms. The van der Waals surface area contributed by atoms with Gasteiger partial charge in [-0.2, -0.15) is 0 Å². The summed E-state index contributed by atoms with van der Waals surface area (Å²) in [5.41, 5.74) is 2.95. The van der Waals surface area contributed by atoms with Gasteiger partial charge >= 0.3 is 5.97 Å². The Bertz CT molecular complexity index is 880. The number of hydrogen-bond donors (Lipinski definition) is 1. The lowest BCUT2D eigenvalue weighted by Gasteiger charge is -2.09. The van der Waals surface area contributed by atoms with Crippen molar-refractivity contribution < 1.29 is 19.6 Å². The number of rotatable bonds is 5. The van der Waals surface area contributed by atoms with Crippen LogP contribution in [0.4, 0.5) is 0 Å². The van der Waals surface area contributed by atoms with E-state index in [0.717, 1.165) is 32.8 Å². The van der Waals surface area contributed by atoms with E-state index in [4.69, 9.17) is 4.74 Å². The van der Waals surface area contributed by atoms with E-state index in [1.54, 1.807) is 14.0 Å². The third kappa shape index (κ3) is 3.36. The number of carbonyl (C=O) groups is 1. The molecule has 1 unspecified atom stereocenters. The van der Waals surface area contributed by atoms with Crippen molar-refractivity contribution in [1.29, 1.82) is 0 Å². The van der Waals surface area contributed by atoms with Gasteiger partial charge in [0.1, 0.15) is 11.0 Å². The average molecular weight is 340 g/mol. The SMILES string of the molecule is COc1ccc2[nH+]c(-c3ccccc3)cc(SC(C)C(=O)O)c2c1. The van der Waals surface area contributed by atoms with Crippen LogP contribution in [0.3, 0.4) is 0 Å². The first-order valence-electron chi connectivity index (χ1n) is 7.57. The highest BCUT2D eigenvalue weighted by Crippen LogP contribution is 2.33. The molecule has 2 aromatic carbocycles.